The number of hydrogen-bond acceptors (Lipinski definition) is 5. The van der Waals surface area contributed by atoms with Gasteiger partial charge in [0.1, 0.15) is 11.8 Å². The molecule has 0 saturated carbocycles. The van der Waals surface area contributed by atoms with Crippen LogP contribution >= 0.6 is 23.4 Å². The van der Waals surface area contributed by atoms with Crippen LogP contribution in [0, 0.1) is 5.92 Å². The van der Waals surface area contributed by atoms with Crippen LogP contribution in [0.1, 0.15) is 11.8 Å². The zero-order valence-corrected chi connectivity index (χ0v) is 10.5. The Hall–Kier alpha value is -0.850. The van der Waals surface area contributed by atoms with Gasteiger partial charge in [0.15, 0.2) is 10.8 Å². The van der Waals surface area contributed by atoms with Crippen LogP contribution in [0.4, 0.5) is 0 Å². The summed E-state index contributed by atoms with van der Waals surface area (Å²) in [5.74, 6) is 1.31. The summed E-state index contributed by atoms with van der Waals surface area (Å²) in [6.45, 7) is 0.191. The molecule has 7 heteroatoms. The van der Waals surface area contributed by atoms with Crippen LogP contribution in [0.5, 0.6) is 0 Å². The summed E-state index contributed by atoms with van der Waals surface area (Å²) in [6.07, 6.45) is 4.19. The van der Waals surface area contributed by atoms with Gasteiger partial charge >= 0.3 is 0 Å². The van der Waals surface area contributed by atoms with Crippen molar-refractivity contribution < 1.29 is 5.11 Å². The molecule has 0 amide bonds. The Morgan fingerprint density at radius 1 is 1.47 bits per heavy atom. The third-order valence-electron chi connectivity index (χ3n) is 3.00. The van der Waals surface area contributed by atoms with Gasteiger partial charge in [0.05, 0.1) is 11.7 Å². The molecule has 0 radical (unpaired) electrons. The van der Waals surface area contributed by atoms with Gasteiger partial charge in [-0.25, -0.2) is 15.0 Å². The molecule has 3 heterocycles. The van der Waals surface area contributed by atoms with E-state index in [0.717, 1.165) is 17.8 Å². The number of thioether (sulfide) groups is 1. The van der Waals surface area contributed by atoms with Crippen molar-refractivity contribution in [1.82, 2.24) is 19.5 Å². The normalized spacial score (nSPS) is 24.6. The molecule has 17 heavy (non-hydrogen) atoms. The lowest BCUT2D eigenvalue weighted by molar-refractivity contribution is 0.211. The summed E-state index contributed by atoms with van der Waals surface area (Å²) in [7, 11) is 0. The third kappa shape index (κ3) is 1.80. The fourth-order valence-electron chi connectivity index (χ4n) is 2.12. The molecule has 0 aromatic carbocycles. The van der Waals surface area contributed by atoms with E-state index in [1.807, 2.05) is 16.3 Å². The highest BCUT2D eigenvalue weighted by Gasteiger charge is 2.30. The van der Waals surface area contributed by atoms with E-state index < -0.39 is 0 Å². The Bertz CT molecular complexity index is 546. The largest absolute Gasteiger partial charge is 0.396 e. The molecule has 1 N–H and O–H groups in total. The molecule has 5 nitrogen and oxygen atoms in total. The lowest BCUT2D eigenvalue weighted by atomic mass is 10.1. The first-order chi connectivity index (χ1) is 8.31. The predicted octanol–water partition coefficient (Wildman–Crippen LogP) is 1.72. The number of rotatable bonds is 2. The highest BCUT2D eigenvalue weighted by molar-refractivity contribution is 7.99. The van der Waals surface area contributed by atoms with E-state index in [1.165, 1.54) is 6.33 Å². The SMILES string of the molecule is OC[C@@H]1CCS[C@H]1n1cnc2c(Cl)ncnc21. The molecule has 0 aliphatic carbocycles. The molecule has 0 spiro atoms. The number of halogens is 1. The van der Waals surface area contributed by atoms with E-state index in [4.69, 9.17) is 11.6 Å². The lowest BCUT2D eigenvalue weighted by Gasteiger charge is -2.18. The van der Waals surface area contributed by atoms with E-state index in [9.17, 15) is 5.11 Å². The summed E-state index contributed by atoms with van der Waals surface area (Å²) >= 11 is 7.78. The van der Waals surface area contributed by atoms with Crippen molar-refractivity contribution in [2.24, 2.45) is 5.92 Å². The number of fused-ring (bicyclic) bond motifs is 1. The summed E-state index contributed by atoms with van der Waals surface area (Å²) in [5, 5.41) is 9.92. The fraction of sp³-hybridized carbons (Fsp3) is 0.500. The van der Waals surface area contributed by atoms with E-state index in [-0.39, 0.29) is 17.9 Å². The second kappa shape index (κ2) is 4.44. The van der Waals surface area contributed by atoms with Crippen molar-refractivity contribution in [1.29, 1.82) is 0 Å². The van der Waals surface area contributed by atoms with E-state index in [1.54, 1.807) is 6.33 Å². The molecule has 0 unspecified atom stereocenters. The van der Waals surface area contributed by atoms with Crippen LogP contribution < -0.4 is 0 Å². The molecule has 90 valence electrons. The Morgan fingerprint density at radius 3 is 3.18 bits per heavy atom. The van der Waals surface area contributed by atoms with Crippen molar-refractivity contribution in [2.45, 2.75) is 11.8 Å². The summed E-state index contributed by atoms with van der Waals surface area (Å²) in [6, 6.07) is 0. The summed E-state index contributed by atoms with van der Waals surface area (Å²) in [4.78, 5) is 12.4. The number of nitrogens with zero attached hydrogens (tertiary/aromatic N) is 4. The molecule has 1 aliphatic heterocycles. The molecule has 1 aliphatic rings. The number of aliphatic hydroxyl groups is 1. The second-order valence-corrected chi connectivity index (χ2v) is 5.56. The van der Waals surface area contributed by atoms with Crippen molar-refractivity contribution in [2.75, 3.05) is 12.4 Å². The monoisotopic (exact) mass is 270 g/mol. The number of imidazole rings is 1. The molecular formula is C10H11ClN4OS. The van der Waals surface area contributed by atoms with Gasteiger partial charge in [-0.05, 0) is 12.2 Å². The topological polar surface area (TPSA) is 63.8 Å². The average molecular weight is 271 g/mol. The fourth-order valence-corrected chi connectivity index (χ4v) is 3.78. The van der Waals surface area contributed by atoms with Gasteiger partial charge in [0, 0.05) is 12.5 Å². The van der Waals surface area contributed by atoms with E-state index >= 15 is 0 Å². The molecule has 3 rings (SSSR count). The number of aromatic nitrogens is 4. The molecule has 0 bridgehead atoms. The standard InChI is InChI=1S/C10H11ClN4OS/c11-8-7-9(13-4-12-8)15(5-14-7)10-6(3-16)1-2-17-10/h4-6,10,16H,1-3H2/t6-,10+/m0/s1. The van der Waals surface area contributed by atoms with Crippen molar-refractivity contribution in [3.05, 3.63) is 17.8 Å². The summed E-state index contributed by atoms with van der Waals surface area (Å²) < 4.78 is 1.99. The average Bonchev–Trinajstić information content (AvgIpc) is 2.94. The van der Waals surface area contributed by atoms with E-state index in [0.29, 0.717) is 10.7 Å². The molecule has 1 fully saturated rings. The quantitative estimate of drug-likeness (QED) is 0.842. The van der Waals surface area contributed by atoms with Crippen molar-refractivity contribution in [3.8, 4) is 0 Å². The summed E-state index contributed by atoms with van der Waals surface area (Å²) in [5.41, 5.74) is 1.36. The van der Waals surface area contributed by atoms with Crippen molar-refractivity contribution in [3.63, 3.8) is 0 Å². The highest BCUT2D eigenvalue weighted by Crippen LogP contribution is 2.41. The Morgan fingerprint density at radius 2 is 2.35 bits per heavy atom. The first-order valence-corrected chi connectivity index (χ1v) is 6.79. The zero-order chi connectivity index (χ0) is 11.8. The third-order valence-corrected chi connectivity index (χ3v) is 4.70. The van der Waals surface area contributed by atoms with Gasteiger partial charge in [-0.1, -0.05) is 11.6 Å². The molecule has 1 saturated heterocycles. The smallest absolute Gasteiger partial charge is 0.165 e. The zero-order valence-electron chi connectivity index (χ0n) is 8.95. The van der Waals surface area contributed by atoms with Crippen molar-refractivity contribution >= 4 is 34.5 Å². The Labute approximate surface area is 107 Å². The van der Waals surface area contributed by atoms with Gasteiger partial charge in [0.2, 0.25) is 0 Å². The molecule has 2 atom stereocenters. The predicted molar refractivity (Wildman–Crippen MR) is 67.0 cm³/mol. The number of aliphatic hydroxyl groups excluding tert-OH is 1. The van der Waals surface area contributed by atoms with Crippen LogP contribution in [0.15, 0.2) is 12.7 Å². The molecular weight excluding hydrogens is 260 g/mol. The second-order valence-electron chi connectivity index (χ2n) is 3.98. The first-order valence-electron chi connectivity index (χ1n) is 5.36. The maximum Gasteiger partial charge on any atom is 0.165 e. The maximum absolute atomic E-state index is 9.36. The van der Waals surface area contributed by atoms with Gasteiger partial charge in [-0.15, -0.1) is 11.8 Å². The van der Waals surface area contributed by atoms with Gasteiger partial charge in [-0.2, -0.15) is 0 Å². The van der Waals surface area contributed by atoms with Gasteiger partial charge in [0.25, 0.3) is 0 Å². The number of hydrogen-bond donors (Lipinski definition) is 1. The minimum Gasteiger partial charge on any atom is -0.396 e. The van der Waals surface area contributed by atoms with Crippen LogP contribution in [0.2, 0.25) is 5.15 Å². The van der Waals surface area contributed by atoms with Gasteiger partial charge in [-0.3, -0.25) is 0 Å². The van der Waals surface area contributed by atoms with Crippen LogP contribution in [-0.4, -0.2) is 37.0 Å². The minimum atomic E-state index is 0.191. The Kier molecular flexibility index (Phi) is 2.94. The molecule has 2 aromatic rings. The lowest BCUT2D eigenvalue weighted by Crippen LogP contribution is -2.15. The first kappa shape index (κ1) is 11.3. The van der Waals surface area contributed by atoms with E-state index in [2.05, 4.69) is 15.0 Å². The minimum absolute atomic E-state index is 0.191. The highest BCUT2D eigenvalue weighted by atomic mass is 35.5. The maximum atomic E-state index is 9.36. The molecule has 2 aromatic heterocycles. The van der Waals surface area contributed by atoms with Crippen LogP contribution in [0.3, 0.4) is 0 Å². The van der Waals surface area contributed by atoms with Gasteiger partial charge < -0.3 is 9.67 Å². The van der Waals surface area contributed by atoms with Crippen LogP contribution in [-0.2, 0) is 0 Å². The Balaban J connectivity index is 2.09. The van der Waals surface area contributed by atoms with Crippen LogP contribution in [0.25, 0.3) is 11.2 Å².